The van der Waals surface area contributed by atoms with Gasteiger partial charge in [0, 0.05) is 5.56 Å². The first kappa shape index (κ1) is 13.8. The number of benzene rings is 2. The summed E-state index contributed by atoms with van der Waals surface area (Å²) < 4.78 is 20.1. The van der Waals surface area contributed by atoms with Crippen molar-refractivity contribution in [2.45, 2.75) is 0 Å². The van der Waals surface area contributed by atoms with Crippen LogP contribution in [-0.2, 0) is 0 Å². The first-order valence-corrected chi connectivity index (χ1v) is 6.49. The summed E-state index contributed by atoms with van der Waals surface area (Å²) in [7, 11) is 1.58. The predicted molar refractivity (Wildman–Crippen MR) is 78.0 cm³/mol. The molecule has 0 atom stereocenters. The third kappa shape index (κ3) is 2.40. The summed E-state index contributed by atoms with van der Waals surface area (Å²) in [5.74, 6) is 0.320. The Labute approximate surface area is 126 Å². The minimum atomic E-state index is -0.385. The van der Waals surface area contributed by atoms with Gasteiger partial charge in [-0.05, 0) is 36.4 Å². The molecule has 108 valence electrons. The molecule has 2 aromatic carbocycles. The minimum Gasteiger partial charge on any atom is -0.497 e. The Balaban J connectivity index is 2.17. The maximum atomic E-state index is 13.5. The number of halogens is 1. The van der Waals surface area contributed by atoms with Crippen molar-refractivity contribution >= 4 is 0 Å². The fourth-order valence-corrected chi connectivity index (χ4v) is 2.16. The van der Waals surface area contributed by atoms with E-state index in [1.54, 1.807) is 43.5 Å². The molecule has 0 fully saturated rings. The Morgan fingerprint density at radius 1 is 1.18 bits per heavy atom. The molecule has 0 radical (unpaired) electrons. The molecule has 0 aliphatic carbocycles. The molecule has 0 spiro atoms. The van der Waals surface area contributed by atoms with E-state index in [2.05, 4.69) is 10.3 Å². The summed E-state index contributed by atoms with van der Waals surface area (Å²) in [5, 5.41) is 17.1. The fourth-order valence-electron chi connectivity index (χ4n) is 2.16. The monoisotopic (exact) mass is 294 g/mol. The zero-order valence-electron chi connectivity index (χ0n) is 11.7. The highest BCUT2D eigenvalue weighted by Crippen LogP contribution is 2.26. The highest BCUT2D eigenvalue weighted by atomic mass is 19.1. The van der Waals surface area contributed by atoms with E-state index in [0.717, 1.165) is 0 Å². The first-order valence-electron chi connectivity index (χ1n) is 6.49. The Kier molecular flexibility index (Phi) is 3.54. The smallest absolute Gasteiger partial charge is 0.191 e. The maximum Gasteiger partial charge on any atom is 0.191 e. The zero-order chi connectivity index (χ0) is 15.5. The summed E-state index contributed by atoms with van der Waals surface area (Å²) in [6.45, 7) is 0. The first-order chi connectivity index (χ1) is 10.7. The molecule has 5 nitrogen and oxygen atoms in total. The van der Waals surface area contributed by atoms with Gasteiger partial charge >= 0.3 is 0 Å². The van der Waals surface area contributed by atoms with E-state index in [9.17, 15) is 9.65 Å². The summed E-state index contributed by atoms with van der Waals surface area (Å²) in [6.07, 6.45) is 0. The van der Waals surface area contributed by atoms with Gasteiger partial charge in [0.05, 0.1) is 12.8 Å². The molecule has 1 heterocycles. The third-order valence-electron chi connectivity index (χ3n) is 3.19. The normalized spacial score (nSPS) is 10.2. The van der Waals surface area contributed by atoms with Crippen LogP contribution in [0.3, 0.4) is 0 Å². The van der Waals surface area contributed by atoms with Crippen LogP contribution in [0.2, 0.25) is 0 Å². The van der Waals surface area contributed by atoms with Crippen LogP contribution in [0.5, 0.6) is 5.75 Å². The molecule has 3 rings (SSSR count). The highest BCUT2D eigenvalue weighted by Gasteiger charge is 2.16. The highest BCUT2D eigenvalue weighted by molar-refractivity contribution is 5.67. The van der Waals surface area contributed by atoms with E-state index in [1.165, 1.54) is 16.8 Å². The van der Waals surface area contributed by atoms with Gasteiger partial charge in [-0.3, -0.25) is 0 Å². The number of rotatable bonds is 3. The SMILES string of the molecule is COc1ccc(-n2nnc(C#N)c2-c2cccc(F)c2)cc1. The van der Waals surface area contributed by atoms with E-state index >= 15 is 0 Å². The lowest BCUT2D eigenvalue weighted by molar-refractivity contribution is 0.414. The van der Waals surface area contributed by atoms with Crippen molar-refractivity contribution in [1.82, 2.24) is 15.0 Å². The van der Waals surface area contributed by atoms with Gasteiger partial charge in [0.2, 0.25) is 0 Å². The van der Waals surface area contributed by atoms with Gasteiger partial charge < -0.3 is 4.74 Å². The van der Waals surface area contributed by atoms with Crippen LogP contribution >= 0.6 is 0 Å². The van der Waals surface area contributed by atoms with Crippen LogP contribution in [0.4, 0.5) is 4.39 Å². The van der Waals surface area contributed by atoms with Crippen LogP contribution in [0.25, 0.3) is 16.9 Å². The minimum absolute atomic E-state index is 0.140. The van der Waals surface area contributed by atoms with Gasteiger partial charge in [-0.1, -0.05) is 17.3 Å². The van der Waals surface area contributed by atoms with Crippen LogP contribution < -0.4 is 4.74 Å². The standard InChI is InChI=1S/C16H11FN4O/c1-22-14-7-5-13(6-8-14)21-16(15(10-18)19-20-21)11-3-2-4-12(17)9-11/h2-9H,1H3. The van der Waals surface area contributed by atoms with E-state index in [0.29, 0.717) is 22.7 Å². The topological polar surface area (TPSA) is 63.7 Å². The molecule has 0 bridgehead atoms. The van der Waals surface area contributed by atoms with Crippen molar-refractivity contribution in [1.29, 1.82) is 5.26 Å². The number of nitriles is 1. The average molecular weight is 294 g/mol. The molecule has 0 unspecified atom stereocenters. The van der Waals surface area contributed by atoms with Crippen LogP contribution in [0.1, 0.15) is 5.69 Å². The van der Waals surface area contributed by atoms with E-state index < -0.39 is 0 Å². The second-order valence-electron chi connectivity index (χ2n) is 4.52. The zero-order valence-corrected chi connectivity index (χ0v) is 11.7. The van der Waals surface area contributed by atoms with E-state index in [4.69, 9.17) is 4.74 Å². The summed E-state index contributed by atoms with van der Waals surface area (Å²) >= 11 is 0. The number of hydrogen-bond acceptors (Lipinski definition) is 4. The fraction of sp³-hybridized carbons (Fsp3) is 0.0625. The largest absolute Gasteiger partial charge is 0.497 e. The van der Waals surface area contributed by atoms with Gasteiger partial charge in [-0.25, -0.2) is 9.07 Å². The molecular formula is C16H11FN4O. The van der Waals surface area contributed by atoms with Crippen molar-refractivity contribution in [3.63, 3.8) is 0 Å². The van der Waals surface area contributed by atoms with Gasteiger partial charge in [-0.15, -0.1) is 5.10 Å². The Bertz CT molecular complexity index is 849. The molecule has 0 saturated heterocycles. The van der Waals surface area contributed by atoms with Gasteiger partial charge in [0.15, 0.2) is 5.69 Å². The Hall–Kier alpha value is -3.20. The van der Waals surface area contributed by atoms with Crippen LogP contribution in [0, 0.1) is 17.1 Å². The Morgan fingerprint density at radius 3 is 2.59 bits per heavy atom. The predicted octanol–water partition coefficient (Wildman–Crippen LogP) is 2.95. The molecule has 0 aliphatic rings. The lowest BCUT2D eigenvalue weighted by Gasteiger charge is -2.07. The molecule has 0 amide bonds. The lowest BCUT2D eigenvalue weighted by atomic mass is 10.1. The summed E-state index contributed by atoms with van der Waals surface area (Å²) in [6, 6.07) is 15.1. The lowest BCUT2D eigenvalue weighted by Crippen LogP contribution is -2.00. The summed E-state index contributed by atoms with van der Waals surface area (Å²) in [4.78, 5) is 0. The molecule has 22 heavy (non-hydrogen) atoms. The quantitative estimate of drug-likeness (QED) is 0.745. The molecular weight excluding hydrogens is 283 g/mol. The number of methoxy groups -OCH3 is 1. The third-order valence-corrected chi connectivity index (χ3v) is 3.19. The second kappa shape index (κ2) is 5.66. The van der Waals surface area contributed by atoms with Gasteiger partial charge in [-0.2, -0.15) is 5.26 Å². The molecule has 0 aliphatic heterocycles. The second-order valence-corrected chi connectivity index (χ2v) is 4.52. The van der Waals surface area contributed by atoms with Crippen molar-refractivity contribution in [3.05, 3.63) is 60.0 Å². The van der Waals surface area contributed by atoms with E-state index in [-0.39, 0.29) is 11.5 Å². The molecule has 6 heteroatoms. The molecule has 0 saturated carbocycles. The molecule has 1 aromatic heterocycles. The van der Waals surface area contributed by atoms with Crippen LogP contribution in [0.15, 0.2) is 48.5 Å². The van der Waals surface area contributed by atoms with Gasteiger partial charge in [0.1, 0.15) is 23.3 Å². The summed E-state index contributed by atoms with van der Waals surface area (Å²) in [5.41, 5.74) is 1.83. The molecule has 3 aromatic rings. The number of ether oxygens (including phenoxy) is 1. The molecule has 0 N–H and O–H groups in total. The van der Waals surface area contributed by atoms with E-state index in [1.807, 2.05) is 6.07 Å². The number of nitrogens with zero attached hydrogens (tertiary/aromatic N) is 4. The van der Waals surface area contributed by atoms with Crippen molar-refractivity contribution in [2.24, 2.45) is 0 Å². The Morgan fingerprint density at radius 2 is 1.95 bits per heavy atom. The average Bonchev–Trinajstić information content (AvgIpc) is 2.99. The van der Waals surface area contributed by atoms with Crippen molar-refractivity contribution in [3.8, 4) is 28.8 Å². The number of aromatic nitrogens is 3. The maximum absolute atomic E-state index is 13.5. The van der Waals surface area contributed by atoms with Gasteiger partial charge in [0.25, 0.3) is 0 Å². The van der Waals surface area contributed by atoms with Crippen molar-refractivity contribution < 1.29 is 9.13 Å². The van der Waals surface area contributed by atoms with Crippen molar-refractivity contribution in [2.75, 3.05) is 7.11 Å². The number of hydrogen-bond donors (Lipinski definition) is 0. The van der Waals surface area contributed by atoms with Crippen LogP contribution in [-0.4, -0.2) is 22.1 Å².